The highest BCUT2D eigenvalue weighted by atomic mass is 16.3. The van der Waals surface area contributed by atoms with Gasteiger partial charge in [-0.15, -0.1) is 0 Å². The van der Waals surface area contributed by atoms with Crippen LogP contribution in [-0.4, -0.2) is 76.7 Å². The van der Waals surface area contributed by atoms with Gasteiger partial charge in [-0.05, 0) is 45.0 Å². The van der Waals surface area contributed by atoms with Crippen molar-refractivity contribution >= 4 is 34.2 Å². The van der Waals surface area contributed by atoms with Gasteiger partial charge in [0.05, 0.1) is 17.7 Å². The van der Waals surface area contributed by atoms with E-state index in [2.05, 4.69) is 44.8 Å². The molecule has 0 aliphatic rings. The van der Waals surface area contributed by atoms with Gasteiger partial charge in [0, 0.05) is 31.4 Å². The van der Waals surface area contributed by atoms with Crippen LogP contribution >= 0.6 is 0 Å². The van der Waals surface area contributed by atoms with Crippen molar-refractivity contribution in [2.75, 3.05) is 39.3 Å². The fourth-order valence-corrected chi connectivity index (χ4v) is 3.65. The first-order valence-electron chi connectivity index (χ1n) is 12.0. The molecule has 1 aromatic heterocycles. The number of aromatic hydroxyl groups is 3. The van der Waals surface area contributed by atoms with E-state index >= 15 is 0 Å². The van der Waals surface area contributed by atoms with Crippen molar-refractivity contribution in [2.45, 2.75) is 33.6 Å². The highest BCUT2D eigenvalue weighted by Gasteiger charge is 2.22. The van der Waals surface area contributed by atoms with E-state index < -0.39 is 0 Å². The van der Waals surface area contributed by atoms with Gasteiger partial charge in [0.1, 0.15) is 39.3 Å². The summed E-state index contributed by atoms with van der Waals surface area (Å²) >= 11 is 0. The molecule has 2 aromatic carbocycles. The molecule has 1 amide bonds. The summed E-state index contributed by atoms with van der Waals surface area (Å²) in [6.07, 6.45) is 3.52. The van der Waals surface area contributed by atoms with Crippen LogP contribution in [0.1, 0.15) is 48.2 Å². The second-order valence-electron chi connectivity index (χ2n) is 8.28. The second-order valence-corrected chi connectivity index (χ2v) is 8.28. The number of amides is 1. The number of fused-ring (bicyclic) bond motifs is 2. The number of aromatic nitrogens is 2. The Hall–Kier alpha value is -3.50. The van der Waals surface area contributed by atoms with Gasteiger partial charge >= 0.3 is 0 Å². The van der Waals surface area contributed by atoms with Gasteiger partial charge in [-0.2, -0.15) is 0 Å². The Kier molecular flexibility index (Phi) is 9.16. The average molecular weight is 483 g/mol. The summed E-state index contributed by atoms with van der Waals surface area (Å²) in [7, 11) is 0. The lowest BCUT2D eigenvalue weighted by atomic mass is 10.0. The standard InChI is InChI=1S/C25H34N6O4/c1-4-8-26-10-11-28-14-17-20-22(24(34)15(3)23(17)33)31-19-16(6-7-18(32)21(19)30-20)25(35)29-13-12-27-9-5-2/h6-7,14,26-27,32-34H,4-5,8-13H2,1-3H3,(H,29,35). The molecule has 0 aliphatic carbocycles. The molecule has 0 aliphatic heterocycles. The van der Waals surface area contributed by atoms with E-state index in [0.29, 0.717) is 26.2 Å². The fraction of sp³-hybridized carbons (Fsp3) is 0.440. The second kappa shape index (κ2) is 12.3. The molecule has 0 saturated heterocycles. The number of hydrogen-bond acceptors (Lipinski definition) is 9. The molecule has 0 bridgehead atoms. The lowest BCUT2D eigenvalue weighted by Crippen LogP contribution is -2.32. The number of rotatable bonds is 12. The fourth-order valence-electron chi connectivity index (χ4n) is 3.65. The maximum Gasteiger partial charge on any atom is 0.253 e. The highest BCUT2D eigenvalue weighted by Crippen LogP contribution is 2.38. The van der Waals surface area contributed by atoms with Crippen molar-refractivity contribution in [2.24, 2.45) is 4.99 Å². The maximum absolute atomic E-state index is 12.8. The molecule has 0 radical (unpaired) electrons. The lowest BCUT2D eigenvalue weighted by Gasteiger charge is -2.13. The number of phenols is 3. The molecule has 10 nitrogen and oxygen atoms in total. The predicted molar refractivity (Wildman–Crippen MR) is 138 cm³/mol. The van der Waals surface area contributed by atoms with E-state index in [1.807, 2.05) is 0 Å². The zero-order valence-corrected chi connectivity index (χ0v) is 20.5. The first-order chi connectivity index (χ1) is 16.9. The van der Waals surface area contributed by atoms with Crippen molar-refractivity contribution in [3.63, 3.8) is 0 Å². The molecule has 188 valence electrons. The van der Waals surface area contributed by atoms with E-state index in [1.54, 1.807) is 6.92 Å². The minimum atomic E-state index is -0.363. The number of phenolic OH excluding ortho intramolecular Hbond substituents is 3. The molecule has 1 heterocycles. The normalized spacial score (nSPS) is 11.6. The number of benzene rings is 2. The number of carbonyl (C=O) groups excluding carboxylic acids is 1. The van der Waals surface area contributed by atoms with Crippen molar-refractivity contribution < 1.29 is 20.1 Å². The van der Waals surface area contributed by atoms with Crippen LogP contribution in [0, 0.1) is 6.92 Å². The van der Waals surface area contributed by atoms with Crippen LogP contribution in [0.5, 0.6) is 17.2 Å². The van der Waals surface area contributed by atoms with E-state index in [-0.39, 0.29) is 61.9 Å². The Morgan fingerprint density at radius 2 is 1.57 bits per heavy atom. The number of nitrogens with zero attached hydrogens (tertiary/aromatic N) is 3. The first kappa shape index (κ1) is 26.1. The molecule has 10 heteroatoms. The van der Waals surface area contributed by atoms with Crippen molar-refractivity contribution in [3.05, 3.63) is 28.8 Å². The van der Waals surface area contributed by atoms with Crippen molar-refractivity contribution in [1.29, 1.82) is 0 Å². The highest BCUT2D eigenvalue weighted by molar-refractivity contribution is 6.10. The van der Waals surface area contributed by atoms with E-state index in [4.69, 9.17) is 0 Å². The molecule has 0 saturated carbocycles. The summed E-state index contributed by atoms with van der Waals surface area (Å²) in [5, 5.41) is 41.2. The quantitative estimate of drug-likeness (QED) is 0.131. The van der Waals surface area contributed by atoms with Crippen LogP contribution in [0.3, 0.4) is 0 Å². The summed E-state index contributed by atoms with van der Waals surface area (Å²) in [5.74, 6) is -0.936. The van der Waals surface area contributed by atoms with Gasteiger partial charge in [0.2, 0.25) is 0 Å². The summed E-state index contributed by atoms with van der Waals surface area (Å²) in [6.45, 7) is 9.69. The van der Waals surface area contributed by atoms with Gasteiger partial charge in [-0.3, -0.25) is 9.79 Å². The molecule has 0 unspecified atom stereocenters. The van der Waals surface area contributed by atoms with E-state index in [1.165, 1.54) is 18.3 Å². The van der Waals surface area contributed by atoms with Crippen LogP contribution in [0.2, 0.25) is 0 Å². The third-order valence-corrected chi connectivity index (χ3v) is 5.57. The largest absolute Gasteiger partial charge is 0.507 e. The number of carbonyl (C=O) groups is 1. The number of nitrogens with one attached hydrogen (secondary N) is 3. The summed E-state index contributed by atoms with van der Waals surface area (Å²) < 4.78 is 0. The molecule has 3 rings (SSSR count). The Labute approximate surface area is 204 Å². The maximum atomic E-state index is 12.8. The van der Waals surface area contributed by atoms with Crippen LogP contribution in [0.4, 0.5) is 0 Å². The van der Waals surface area contributed by atoms with Gasteiger partial charge in [0.15, 0.2) is 0 Å². The topological polar surface area (TPSA) is 152 Å². The SMILES string of the molecule is CCCNCCN=Cc1c(O)c(C)c(O)c2nc3c(C(=O)NCCNCCC)ccc(O)c3nc12. The summed E-state index contributed by atoms with van der Waals surface area (Å²) in [5.41, 5.74) is 1.29. The molecule has 6 N–H and O–H groups in total. The lowest BCUT2D eigenvalue weighted by molar-refractivity contribution is 0.0955. The van der Waals surface area contributed by atoms with Gasteiger partial charge < -0.3 is 31.3 Å². The first-order valence-corrected chi connectivity index (χ1v) is 12.0. The van der Waals surface area contributed by atoms with Crippen molar-refractivity contribution in [1.82, 2.24) is 25.9 Å². The Balaban J connectivity index is 2.03. The molecule has 3 aromatic rings. The van der Waals surface area contributed by atoms with Crippen LogP contribution in [0.25, 0.3) is 22.1 Å². The Morgan fingerprint density at radius 3 is 2.29 bits per heavy atom. The third-order valence-electron chi connectivity index (χ3n) is 5.57. The third kappa shape index (κ3) is 5.95. The van der Waals surface area contributed by atoms with Gasteiger partial charge in [0.25, 0.3) is 5.91 Å². The molecule has 35 heavy (non-hydrogen) atoms. The molecule has 0 fully saturated rings. The molecular weight excluding hydrogens is 448 g/mol. The zero-order valence-electron chi connectivity index (χ0n) is 20.5. The van der Waals surface area contributed by atoms with Gasteiger partial charge in [-0.25, -0.2) is 9.97 Å². The monoisotopic (exact) mass is 482 g/mol. The predicted octanol–water partition coefficient (Wildman–Crippen LogP) is 2.36. The Bertz CT molecular complexity index is 1230. The van der Waals surface area contributed by atoms with E-state index in [9.17, 15) is 20.1 Å². The molecule has 0 spiro atoms. The number of hydrogen-bond donors (Lipinski definition) is 6. The van der Waals surface area contributed by atoms with E-state index in [0.717, 1.165) is 25.9 Å². The zero-order chi connectivity index (χ0) is 25.4. The van der Waals surface area contributed by atoms with Crippen molar-refractivity contribution in [3.8, 4) is 17.2 Å². The minimum absolute atomic E-state index is 0.0937. The molecule has 0 atom stereocenters. The molecular formula is C25H34N6O4. The summed E-state index contributed by atoms with van der Waals surface area (Å²) in [6, 6.07) is 2.86. The average Bonchev–Trinajstić information content (AvgIpc) is 2.86. The minimum Gasteiger partial charge on any atom is -0.507 e. The van der Waals surface area contributed by atoms with Crippen LogP contribution in [-0.2, 0) is 0 Å². The van der Waals surface area contributed by atoms with Crippen LogP contribution in [0.15, 0.2) is 17.1 Å². The van der Waals surface area contributed by atoms with Crippen LogP contribution < -0.4 is 16.0 Å². The van der Waals surface area contributed by atoms with Gasteiger partial charge in [-0.1, -0.05) is 13.8 Å². The number of aliphatic imine (C=N–C) groups is 1. The summed E-state index contributed by atoms with van der Waals surface area (Å²) in [4.78, 5) is 26.2. The smallest absolute Gasteiger partial charge is 0.253 e. The Morgan fingerprint density at radius 1 is 0.886 bits per heavy atom.